The summed E-state index contributed by atoms with van der Waals surface area (Å²) in [7, 11) is 0. The Morgan fingerprint density at radius 3 is 2.63 bits per heavy atom. The van der Waals surface area contributed by atoms with Gasteiger partial charge in [-0.1, -0.05) is 58.7 Å². The van der Waals surface area contributed by atoms with Crippen molar-refractivity contribution in [3.05, 3.63) is 122 Å². The lowest BCUT2D eigenvalue weighted by molar-refractivity contribution is -0.117. The number of carboxylic acids is 1. The molecule has 2 aromatic carbocycles. The lowest BCUT2D eigenvalue weighted by Gasteiger charge is -2.16. The highest BCUT2D eigenvalue weighted by atomic mass is 35.5. The zero-order valence-corrected chi connectivity index (χ0v) is 22.6. The molecule has 0 bridgehead atoms. The van der Waals surface area contributed by atoms with Crippen LogP contribution in [0, 0.1) is 0 Å². The SMILES string of the molecule is O=C(/C=C/c1cc(Cl)ccc1-n1cc(C(=O)O)nn1)N[C@@H](Cc1ccccc1)c1nc(-c2cc[nH]c(=O)c2)c(Cl)[nH]1. The molecule has 41 heavy (non-hydrogen) atoms. The molecule has 0 radical (unpaired) electrons. The first-order valence-electron chi connectivity index (χ1n) is 12.2. The van der Waals surface area contributed by atoms with Crippen LogP contribution in [0.25, 0.3) is 23.0 Å². The van der Waals surface area contributed by atoms with E-state index in [0.29, 0.717) is 39.8 Å². The van der Waals surface area contributed by atoms with E-state index in [1.165, 1.54) is 35.3 Å². The van der Waals surface area contributed by atoms with Crippen molar-refractivity contribution in [2.75, 3.05) is 0 Å². The number of imidazole rings is 1. The zero-order chi connectivity index (χ0) is 28.9. The lowest BCUT2D eigenvalue weighted by Crippen LogP contribution is -2.29. The summed E-state index contributed by atoms with van der Waals surface area (Å²) < 4.78 is 1.29. The van der Waals surface area contributed by atoms with Gasteiger partial charge in [-0.15, -0.1) is 5.10 Å². The van der Waals surface area contributed by atoms with E-state index in [-0.39, 0.29) is 16.4 Å². The monoisotopic (exact) mass is 589 g/mol. The van der Waals surface area contributed by atoms with Gasteiger partial charge in [-0.2, -0.15) is 0 Å². The first-order valence-corrected chi connectivity index (χ1v) is 12.9. The molecule has 11 nitrogen and oxygen atoms in total. The van der Waals surface area contributed by atoms with E-state index in [1.54, 1.807) is 24.3 Å². The van der Waals surface area contributed by atoms with E-state index in [9.17, 15) is 19.5 Å². The average Bonchev–Trinajstić information content (AvgIpc) is 3.60. The maximum absolute atomic E-state index is 13.2. The highest BCUT2D eigenvalue weighted by molar-refractivity contribution is 6.32. The van der Waals surface area contributed by atoms with Crippen LogP contribution in [-0.2, 0) is 11.2 Å². The van der Waals surface area contributed by atoms with Crippen LogP contribution in [0.15, 0.2) is 83.9 Å². The van der Waals surface area contributed by atoms with Gasteiger partial charge >= 0.3 is 5.97 Å². The van der Waals surface area contributed by atoms with E-state index in [2.05, 4.69) is 30.6 Å². The van der Waals surface area contributed by atoms with Gasteiger partial charge < -0.3 is 20.4 Å². The van der Waals surface area contributed by atoms with E-state index in [4.69, 9.17) is 23.2 Å². The van der Waals surface area contributed by atoms with Gasteiger partial charge in [-0.25, -0.2) is 14.5 Å². The quantitative estimate of drug-likeness (QED) is 0.185. The predicted molar refractivity (Wildman–Crippen MR) is 153 cm³/mol. The van der Waals surface area contributed by atoms with Crippen molar-refractivity contribution in [1.29, 1.82) is 0 Å². The van der Waals surface area contributed by atoms with Crippen LogP contribution in [0.1, 0.15) is 33.5 Å². The number of hydrogen-bond acceptors (Lipinski definition) is 6. The van der Waals surface area contributed by atoms with E-state index >= 15 is 0 Å². The second-order valence-corrected chi connectivity index (χ2v) is 9.68. The topological polar surface area (TPSA) is 159 Å². The molecule has 3 heterocycles. The first kappa shape index (κ1) is 27.6. The molecule has 4 N–H and O–H groups in total. The van der Waals surface area contributed by atoms with Gasteiger partial charge in [0.25, 0.3) is 0 Å². The lowest BCUT2D eigenvalue weighted by atomic mass is 10.1. The third-order valence-corrected chi connectivity index (χ3v) is 6.53. The maximum Gasteiger partial charge on any atom is 0.358 e. The molecule has 3 aromatic heterocycles. The Morgan fingerprint density at radius 2 is 1.90 bits per heavy atom. The summed E-state index contributed by atoms with van der Waals surface area (Å²) in [5, 5.41) is 20.3. The number of rotatable bonds is 9. The summed E-state index contributed by atoms with van der Waals surface area (Å²) in [6, 6.07) is 16.9. The van der Waals surface area contributed by atoms with Gasteiger partial charge in [0.1, 0.15) is 16.7 Å². The van der Waals surface area contributed by atoms with Crippen LogP contribution in [0.2, 0.25) is 10.2 Å². The normalized spacial score (nSPS) is 12.0. The molecule has 0 aliphatic rings. The van der Waals surface area contributed by atoms with Gasteiger partial charge in [0.05, 0.1) is 17.9 Å². The number of carbonyl (C=O) groups is 2. The number of hydrogen-bond donors (Lipinski definition) is 4. The van der Waals surface area contributed by atoms with Crippen LogP contribution < -0.4 is 10.9 Å². The smallest absolute Gasteiger partial charge is 0.358 e. The molecule has 13 heteroatoms. The number of amides is 1. The van der Waals surface area contributed by atoms with Gasteiger partial charge in [-0.05, 0) is 42.3 Å². The Labute approximate surface area is 242 Å². The molecule has 0 unspecified atom stereocenters. The summed E-state index contributed by atoms with van der Waals surface area (Å²) >= 11 is 12.6. The number of pyridine rings is 1. The van der Waals surface area contributed by atoms with Crippen LogP contribution in [-0.4, -0.2) is 46.9 Å². The number of aromatic amines is 2. The van der Waals surface area contributed by atoms with Crippen LogP contribution >= 0.6 is 23.2 Å². The third kappa shape index (κ3) is 6.60. The van der Waals surface area contributed by atoms with Crippen LogP contribution in [0.3, 0.4) is 0 Å². The number of benzene rings is 2. The minimum absolute atomic E-state index is 0.227. The van der Waals surface area contributed by atoms with Crippen molar-refractivity contribution in [1.82, 2.24) is 35.3 Å². The van der Waals surface area contributed by atoms with Gasteiger partial charge in [0.2, 0.25) is 11.5 Å². The zero-order valence-electron chi connectivity index (χ0n) is 21.1. The Morgan fingerprint density at radius 1 is 1.10 bits per heavy atom. The summed E-state index contributed by atoms with van der Waals surface area (Å²) in [4.78, 5) is 46.4. The summed E-state index contributed by atoms with van der Waals surface area (Å²) in [6.07, 6.45) is 6.03. The largest absolute Gasteiger partial charge is 0.476 e. The maximum atomic E-state index is 13.2. The molecular weight excluding hydrogens is 569 g/mol. The van der Waals surface area contributed by atoms with Gasteiger partial charge in [-0.3, -0.25) is 9.59 Å². The molecule has 5 aromatic rings. The summed E-state index contributed by atoms with van der Waals surface area (Å²) in [5.41, 5.74) is 2.31. The van der Waals surface area contributed by atoms with E-state index in [1.807, 2.05) is 30.3 Å². The van der Waals surface area contributed by atoms with Crippen LogP contribution in [0.4, 0.5) is 0 Å². The molecule has 0 aliphatic carbocycles. The number of aromatic carboxylic acids is 1. The Balaban J connectivity index is 1.43. The highest BCUT2D eigenvalue weighted by Gasteiger charge is 2.21. The van der Waals surface area contributed by atoms with Gasteiger partial charge in [0.15, 0.2) is 5.69 Å². The molecule has 0 saturated carbocycles. The molecule has 5 rings (SSSR count). The Bertz CT molecular complexity index is 1810. The van der Waals surface area contributed by atoms with Crippen molar-refractivity contribution in [2.24, 2.45) is 0 Å². The predicted octanol–water partition coefficient (Wildman–Crippen LogP) is 4.46. The van der Waals surface area contributed by atoms with Crippen LogP contribution in [0.5, 0.6) is 0 Å². The second kappa shape index (κ2) is 12.0. The minimum atomic E-state index is -1.22. The first-order chi connectivity index (χ1) is 19.8. The van der Waals surface area contributed by atoms with E-state index < -0.39 is 17.9 Å². The summed E-state index contributed by atoms with van der Waals surface area (Å²) in [6.45, 7) is 0. The van der Waals surface area contributed by atoms with E-state index in [0.717, 1.165) is 5.56 Å². The summed E-state index contributed by atoms with van der Waals surface area (Å²) in [5.74, 6) is -1.25. The van der Waals surface area contributed by atoms with Crippen molar-refractivity contribution in [3.8, 4) is 16.9 Å². The minimum Gasteiger partial charge on any atom is -0.476 e. The van der Waals surface area contributed by atoms with Gasteiger partial charge in [0, 0.05) is 34.5 Å². The fraction of sp³-hybridized carbons (Fsp3) is 0.0714. The fourth-order valence-corrected chi connectivity index (χ4v) is 4.54. The average molecular weight is 590 g/mol. The highest BCUT2D eigenvalue weighted by Crippen LogP contribution is 2.28. The van der Waals surface area contributed by atoms with Crippen molar-refractivity contribution in [3.63, 3.8) is 0 Å². The number of nitrogens with zero attached hydrogens (tertiary/aromatic N) is 4. The molecule has 1 amide bonds. The standard InChI is InChI=1S/C28H21Cl2N7O4/c29-19-7-8-22(37-15-21(28(40)41)35-36-37)17(13-19)6-9-23(38)32-20(12-16-4-2-1-3-5-16)27-33-25(26(30)34-27)18-10-11-31-24(39)14-18/h1-11,13-15,20H,12H2,(H,31,39)(H,32,38)(H,33,34)(H,40,41)/b9-6+/t20-/m0/s1. The van der Waals surface area contributed by atoms with Crippen molar-refractivity contribution < 1.29 is 14.7 Å². The Hall–Kier alpha value is -5.00. The molecule has 206 valence electrons. The molecule has 1 atom stereocenters. The fourth-order valence-electron chi connectivity index (χ4n) is 4.12. The van der Waals surface area contributed by atoms with Crippen molar-refractivity contribution >= 4 is 41.2 Å². The third-order valence-electron chi connectivity index (χ3n) is 6.02. The number of aromatic nitrogens is 6. The molecule has 0 fully saturated rings. The Kier molecular flexibility index (Phi) is 8.09. The molecular formula is C28H21Cl2N7O4. The number of carboxylic acid groups (broad SMARTS) is 1. The number of halogens is 2. The van der Waals surface area contributed by atoms with Crippen molar-refractivity contribution in [2.45, 2.75) is 12.5 Å². The second-order valence-electron chi connectivity index (χ2n) is 8.87. The molecule has 0 saturated heterocycles. The molecule has 0 spiro atoms. The number of H-pyrrole nitrogens is 2. The molecule has 0 aliphatic heterocycles. The number of nitrogens with one attached hydrogen (secondary N) is 3. The number of carbonyl (C=O) groups excluding carboxylic acids is 1.